The van der Waals surface area contributed by atoms with Gasteiger partial charge in [-0.15, -0.1) is 0 Å². The van der Waals surface area contributed by atoms with E-state index < -0.39 is 9.84 Å². The van der Waals surface area contributed by atoms with E-state index in [2.05, 4.69) is 67.3 Å². The number of rotatable bonds is 4. The Morgan fingerprint density at radius 3 is 2.52 bits per heavy atom. The fourth-order valence-electron chi connectivity index (χ4n) is 3.61. The molecule has 0 aliphatic carbocycles. The van der Waals surface area contributed by atoms with Crippen LogP contribution in [0.4, 0.5) is 5.69 Å². The van der Waals surface area contributed by atoms with Gasteiger partial charge in [0.15, 0.2) is 15.0 Å². The number of nitrogens with zero attached hydrogens (tertiary/aromatic N) is 2. The third-order valence-corrected chi connectivity index (χ3v) is 8.53. The van der Waals surface area contributed by atoms with E-state index in [1.165, 1.54) is 16.7 Å². The highest BCUT2D eigenvalue weighted by atomic mass is 32.2. The molecule has 0 aromatic heterocycles. The Labute approximate surface area is 165 Å². The van der Waals surface area contributed by atoms with Crippen LogP contribution in [0.2, 0.25) is 0 Å². The molecule has 2 atom stereocenters. The van der Waals surface area contributed by atoms with Crippen LogP contribution in [0.1, 0.15) is 23.6 Å². The maximum atomic E-state index is 11.9. The van der Waals surface area contributed by atoms with Gasteiger partial charge in [0.05, 0.1) is 24.1 Å². The number of benzene rings is 2. The average molecular weight is 401 g/mol. The summed E-state index contributed by atoms with van der Waals surface area (Å²) in [5.41, 5.74) is 4.91. The Balaban J connectivity index is 1.67. The van der Waals surface area contributed by atoms with Gasteiger partial charge in [0, 0.05) is 10.9 Å². The van der Waals surface area contributed by atoms with Crippen LogP contribution in [0, 0.1) is 6.92 Å². The van der Waals surface area contributed by atoms with Gasteiger partial charge in [-0.3, -0.25) is 4.99 Å². The fourth-order valence-corrected chi connectivity index (χ4v) is 7.39. The van der Waals surface area contributed by atoms with Crippen molar-refractivity contribution in [2.75, 3.05) is 16.4 Å². The highest BCUT2D eigenvalue weighted by Gasteiger charge is 2.44. The summed E-state index contributed by atoms with van der Waals surface area (Å²) in [6.07, 6.45) is 1.01. The molecule has 1 fully saturated rings. The molecule has 0 bridgehead atoms. The topological polar surface area (TPSA) is 49.7 Å². The summed E-state index contributed by atoms with van der Waals surface area (Å²) < 4.78 is 23.8. The zero-order valence-corrected chi connectivity index (χ0v) is 17.3. The Hall–Kier alpha value is -1.79. The lowest BCUT2D eigenvalue weighted by atomic mass is 10.1. The molecule has 0 amide bonds. The summed E-state index contributed by atoms with van der Waals surface area (Å²) in [5.74, 6) is 0.420. The van der Waals surface area contributed by atoms with E-state index in [1.54, 1.807) is 11.8 Å². The molecule has 1 saturated heterocycles. The molecule has 2 unspecified atom stereocenters. The van der Waals surface area contributed by atoms with Crippen LogP contribution in [0.15, 0.2) is 53.5 Å². The predicted molar refractivity (Wildman–Crippen MR) is 114 cm³/mol. The van der Waals surface area contributed by atoms with Gasteiger partial charge in [-0.05, 0) is 42.2 Å². The van der Waals surface area contributed by atoms with Gasteiger partial charge in [0.2, 0.25) is 0 Å². The van der Waals surface area contributed by atoms with Gasteiger partial charge in [-0.25, -0.2) is 8.42 Å². The second-order valence-corrected chi connectivity index (χ2v) is 10.6. The van der Waals surface area contributed by atoms with Gasteiger partial charge in [-0.1, -0.05) is 55.1 Å². The number of aryl methyl sites for hydroxylation is 2. The number of amidine groups is 1. The standard InChI is InChI=1S/C21H24N2O2S2/c1-3-16-8-10-18(11-9-16)23(12-17-7-5-4-6-15(17)2)21-22-19-13-27(24,25)14-20(19)26-21/h4-11,19-20H,3,12-14H2,1-2H3. The monoisotopic (exact) mass is 400 g/mol. The predicted octanol–water partition coefficient (Wildman–Crippen LogP) is 3.83. The largest absolute Gasteiger partial charge is 0.317 e. The molecular weight excluding hydrogens is 376 g/mol. The number of anilines is 1. The molecule has 0 radical (unpaired) electrons. The molecule has 0 saturated carbocycles. The molecule has 2 heterocycles. The molecule has 0 spiro atoms. The quantitative estimate of drug-likeness (QED) is 0.783. The van der Waals surface area contributed by atoms with Gasteiger partial charge in [-0.2, -0.15) is 0 Å². The van der Waals surface area contributed by atoms with Crippen molar-refractivity contribution >= 4 is 32.5 Å². The van der Waals surface area contributed by atoms with Gasteiger partial charge >= 0.3 is 0 Å². The van der Waals surface area contributed by atoms with E-state index in [4.69, 9.17) is 4.99 Å². The molecule has 2 aliphatic rings. The summed E-state index contributed by atoms with van der Waals surface area (Å²) in [6, 6.07) is 16.9. The lowest BCUT2D eigenvalue weighted by Gasteiger charge is -2.26. The van der Waals surface area contributed by atoms with Crippen LogP contribution in [-0.2, 0) is 22.8 Å². The van der Waals surface area contributed by atoms with Crippen LogP contribution >= 0.6 is 11.8 Å². The molecule has 2 aromatic rings. The minimum Gasteiger partial charge on any atom is -0.317 e. The second kappa shape index (κ2) is 7.32. The van der Waals surface area contributed by atoms with Crippen LogP contribution in [0.25, 0.3) is 0 Å². The number of sulfone groups is 1. The smallest absolute Gasteiger partial charge is 0.164 e. The zero-order valence-electron chi connectivity index (χ0n) is 15.6. The first-order valence-electron chi connectivity index (χ1n) is 9.31. The molecule has 2 aliphatic heterocycles. The van der Waals surface area contributed by atoms with E-state index >= 15 is 0 Å². The van der Waals surface area contributed by atoms with Crippen molar-refractivity contribution in [3.05, 3.63) is 65.2 Å². The van der Waals surface area contributed by atoms with E-state index in [1.807, 2.05) is 0 Å². The summed E-state index contributed by atoms with van der Waals surface area (Å²) in [7, 11) is -2.94. The molecule has 6 heteroatoms. The van der Waals surface area contributed by atoms with E-state index in [0.717, 1.165) is 23.8 Å². The van der Waals surface area contributed by atoms with Crippen molar-refractivity contribution < 1.29 is 8.42 Å². The Kier molecular flexibility index (Phi) is 5.03. The van der Waals surface area contributed by atoms with Gasteiger partial charge in [0.25, 0.3) is 0 Å². The highest BCUT2D eigenvalue weighted by molar-refractivity contribution is 8.15. The van der Waals surface area contributed by atoms with Crippen molar-refractivity contribution in [1.82, 2.24) is 0 Å². The van der Waals surface area contributed by atoms with E-state index in [9.17, 15) is 8.42 Å². The lowest BCUT2D eigenvalue weighted by Crippen LogP contribution is -2.28. The zero-order chi connectivity index (χ0) is 19.0. The first kappa shape index (κ1) is 18.6. The fraction of sp³-hybridized carbons (Fsp3) is 0.381. The highest BCUT2D eigenvalue weighted by Crippen LogP contribution is 2.37. The van der Waals surface area contributed by atoms with Crippen molar-refractivity contribution in [3.8, 4) is 0 Å². The Bertz CT molecular complexity index is 968. The molecule has 27 heavy (non-hydrogen) atoms. The van der Waals surface area contributed by atoms with Crippen molar-refractivity contribution in [1.29, 1.82) is 0 Å². The second-order valence-electron chi connectivity index (χ2n) is 7.24. The van der Waals surface area contributed by atoms with Crippen molar-refractivity contribution in [2.24, 2.45) is 4.99 Å². The normalized spacial score (nSPS) is 23.1. The summed E-state index contributed by atoms with van der Waals surface area (Å²) in [4.78, 5) is 7.05. The number of aliphatic imine (C=N–C) groups is 1. The molecule has 142 valence electrons. The maximum Gasteiger partial charge on any atom is 0.164 e. The number of hydrogen-bond donors (Lipinski definition) is 0. The van der Waals surface area contributed by atoms with E-state index in [0.29, 0.717) is 0 Å². The number of hydrogen-bond acceptors (Lipinski definition) is 5. The SMILES string of the molecule is CCc1ccc(N(Cc2ccccc2C)C2=NC3CS(=O)(=O)CC3S2)cc1. The summed E-state index contributed by atoms with van der Waals surface area (Å²) >= 11 is 1.62. The molecule has 2 aromatic carbocycles. The lowest BCUT2D eigenvalue weighted by molar-refractivity contribution is 0.601. The van der Waals surface area contributed by atoms with E-state index in [-0.39, 0.29) is 22.8 Å². The van der Waals surface area contributed by atoms with Crippen molar-refractivity contribution in [3.63, 3.8) is 0 Å². The minimum atomic E-state index is -2.94. The first-order chi connectivity index (χ1) is 12.9. The summed E-state index contributed by atoms with van der Waals surface area (Å²) in [6.45, 7) is 5.01. The minimum absolute atomic E-state index is 0.0549. The number of fused-ring (bicyclic) bond motifs is 1. The average Bonchev–Trinajstić information content (AvgIpc) is 3.14. The third kappa shape index (κ3) is 3.92. The van der Waals surface area contributed by atoms with Crippen LogP contribution in [0.3, 0.4) is 0 Å². The molecular formula is C21H24N2O2S2. The van der Waals surface area contributed by atoms with Crippen LogP contribution in [-0.4, -0.2) is 36.4 Å². The molecule has 0 N–H and O–H groups in total. The van der Waals surface area contributed by atoms with Crippen LogP contribution < -0.4 is 4.90 Å². The number of thioether (sulfide) groups is 1. The third-order valence-electron chi connectivity index (χ3n) is 5.28. The first-order valence-corrected chi connectivity index (χ1v) is 12.0. The maximum absolute atomic E-state index is 11.9. The Morgan fingerprint density at radius 2 is 1.85 bits per heavy atom. The van der Waals surface area contributed by atoms with Gasteiger partial charge < -0.3 is 4.90 Å². The van der Waals surface area contributed by atoms with Crippen LogP contribution in [0.5, 0.6) is 0 Å². The molecule has 4 nitrogen and oxygen atoms in total. The molecule has 4 rings (SSSR count). The van der Waals surface area contributed by atoms with Crippen molar-refractivity contribution in [2.45, 2.75) is 38.1 Å². The summed E-state index contributed by atoms with van der Waals surface area (Å²) in [5, 5.41) is 0.992. The van der Waals surface area contributed by atoms with Gasteiger partial charge in [0.1, 0.15) is 0 Å². The Morgan fingerprint density at radius 1 is 1.11 bits per heavy atom.